The monoisotopic (exact) mass is 348 g/mol. The number of oxazole rings is 1. The van der Waals surface area contributed by atoms with Crippen LogP contribution < -0.4 is 5.32 Å². The summed E-state index contributed by atoms with van der Waals surface area (Å²) in [4.78, 5) is 27.5. The van der Waals surface area contributed by atoms with Crippen LogP contribution in [0.3, 0.4) is 0 Å². The van der Waals surface area contributed by atoms with Crippen LogP contribution in [0.5, 0.6) is 0 Å². The van der Waals surface area contributed by atoms with Crippen molar-refractivity contribution in [1.29, 1.82) is 0 Å². The van der Waals surface area contributed by atoms with Gasteiger partial charge in [-0.25, -0.2) is 9.37 Å². The molecule has 0 aliphatic carbocycles. The van der Waals surface area contributed by atoms with E-state index in [4.69, 9.17) is 14.3 Å². The molecule has 0 bridgehead atoms. The third kappa shape index (κ3) is 4.21. The van der Waals surface area contributed by atoms with Crippen LogP contribution in [0.4, 0.5) is 4.39 Å². The largest absolute Gasteiger partial charge is 0.481 e. The third-order valence-electron chi connectivity index (χ3n) is 3.98. The number of aromatic nitrogens is 1. The Morgan fingerprint density at radius 3 is 2.72 bits per heavy atom. The predicted molar refractivity (Wildman–Crippen MR) is 84.2 cm³/mol. The first-order valence-electron chi connectivity index (χ1n) is 7.77. The summed E-state index contributed by atoms with van der Waals surface area (Å²) < 4.78 is 23.5. The zero-order valence-corrected chi connectivity index (χ0v) is 13.3. The summed E-state index contributed by atoms with van der Waals surface area (Å²) in [6.07, 6.45) is 1.56. The maximum Gasteiger partial charge on any atom is 0.305 e. The van der Waals surface area contributed by atoms with Crippen LogP contribution in [-0.4, -0.2) is 40.7 Å². The highest BCUT2D eigenvalue weighted by molar-refractivity contribution is 5.80. The van der Waals surface area contributed by atoms with E-state index in [1.54, 1.807) is 0 Å². The standard InChI is InChI=1S/C17H17FN2O5/c18-12-3-1-11(2-4-12)16-19-13(9-25-16)7-14(21)20-17(8-15(22)23)5-6-24-10-17/h1-4,9H,5-8,10H2,(H,20,21)(H,22,23). The molecule has 1 aromatic carbocycles. The maximum absolute atomic E-state index is 12.9. The van der Waals surface area contributed by atoms with Gasteiger partial charge in [0.2, 0.25) is 11.8 Å². The lowest BCUT2D eigenvalue weighted by Gasteiger charge is -2.26. The van der Waals surface area contributed by atoms with Crippen LogP contribution in [0.1, 0.15) is 18.5 Å². The lowest BCUT2D eigenvalue weighted by Crippen LogP contribution is -2.51. The summed E-state index contributed by atoms with van der Waals surface area (Å²) >= 11 is 0. The number of nitrogens with one attached hydrogen (secondary N) is 1. The average molecular weight is 348 g/mol. The van der Waals surface area contributed by atoms with E-state index in [0.29, 0.717) is 24.3 Å². The van der Waals surface area contributed by atoms with Gasteiger partial charge in [0.05, 0.1) is 30.7 Å². The van der Waals surface area contributed by atoms with E-state index in [2.05, 4.69) is 10.3 Å². The van der Waals surface area contributed by atoms with Crippen molar-refractivity contribution < 1.29 is 28.2 Å². The number of hydrogen-bond acceptors (Lipinski definition) is 5. The Bertz CT molecular complexity index is 766. The lowest BCUT2D eigenvalue weighted by atomic mass is 9.94. The number of carbonyl (C=O) groups excluding carboxylic acids is 1. The molecule has 0 saturated carbocycles. The van der Waals surface area contributed by atoms with Crippen molar-refractivity contribution >= 4 is 11.9 Å². The Labute approximate surface area is 142 Å². The summed E-state index contributed by atoms with van der Waals surface area (Å²) in [6, 6.07) is 5.65. The number of carboxylic acid groups (broad SMARTS) is 1. The van der Waals surface area contributed by atoms with E-state index < -0.39 is 11.5 Å². The predicted octanol–water partition coefficient (Wildman–Crippen LogP) is 1.77. The van der Waals surface area contributed by atoms with Gasteiger partial charge in [-0.05, 0) is 30.7 Å². The molecule has 1 unspecified atom stereocenters. The number of ether oxygens (including phenoxy) is 1. The van der Waals surface area contributed by atoms with Crippen molar-refractivity contribution in [2.24, 2.45) is 0 Å². The van der Waals surface area contributed by atoms with Crippen LogP contribution in [0.15, 0.2) is 34.9 Å². The molecule has 1 amide bonds. The van der Waals surface area contributed by atoms with Gasteiger partial charge in [-0.15, -0.1) is 0 Å². The molecule has 25 heavy (non-hydrogen) atoms. The van der Waals surface area contributed by atoms with Gasteiger partial charge in [0, 0.05) is 12.2 Å². The lowest BCUT2D eigenvalue weighted by molar-refractivity contribution is -0.139. The van der Waals surface area contributed by atoms with E-state index >= 15 is 0 Å². The molecule has 0 spiro atoms. The van der Waals surface area contributed by atoms with E-state index in [-0.39, 0.29) is 37.1 Å². The number of rotatable bonds is 6. The molecule has 2 aromatic rings. The number of carboxylic acids is 1. The topological polar surface area (TPSA) is 102 Å². The Kier molecular flexibility index (Phi) is 4.80. The number of halogens is 1. The minimum atomic E-state index is -0.995. The van der Waals surface area contributed by atoms with Crippen LogP contribution in [0.2, 0.25) is 0 Å². The molecule has 7 nitrogen and oxygen atoms in total. The minimum Gasteiger partial charge on any atom is -0.481 e. The van der Waals surface area contributed by atoms with Crippen LogP contribution in [-0.2, 0) is 20.7 Å². The van der Waals surface area contributed by atoms with Crippen LogP contribution >= 0.6 is 0 Å². The molecule has 1 fully saturated rings. The van der Waals surface area contributed by atoms with Crippen molar-refractivity contribution in [1.82, 2.24) is 10.3 Å². The van der Waals surface area contributed by atoms with Gasteiger partial charge >= 0.3 is 5.97 Å². The molecule has 8 heteroatoms. The summed E-state index contributed by atoms with van der Waals surface area (Å²) in [5, 5.41) is 11.8. The second-order valence-corrected chi connectivity index (χ2v) is 6.03. The molecule has 3 rings (SSSR count). The zero-order valence-electron chi connectivity index (χ0n) is 13.3. The Balaban J connectivity index is 1.65. The van der Waals surface area contributed by atoms with Gasteiger partial charge in [0.15, 0.2) is 0 Å². The molecule has 1 aliphatic heterocycles. The Hall–Kier alpha value is -2.74. The van der Waals surface area contributed by atoms with E-state index in [9.17, 15) is 14.0 Å². The molecule has 0 radical (unpaired) electrons. The number of benzene rings is 1. The van der Waals surface area contributed by atoms with Crippen molar-refractivity contribution in [3.63, 3.8) is 0 Å². The van der Waals surface area contributed by atoms with Crippen molar-refractivity contribution in [2.75, 3.05) is 13.2 Å². The van der Waals surface area contributed by atoms with Gasteiger partial charge < -0.3 is 19.6 Å². The summed E-state index contributed by atoms with van der Waals surface area (Å²) in [7, 11) is 0. The number of carbonyl (C=O) groups is 2. The van der Waals surface area contributed by atoms with Gasteiger partial charge in [-0.2, -0.15) is 0 Å². The van der Waals surface area contributed by atoms with Crippen molar-refractivity contribution in [3.05, 3.63) is 42.0 Å². The first-order chi connectivity index (χ1) is 12.0. The van der Waals surface area contributed by atoms with E-state index in [1.165, 1.54) is 30.5 Å². The molecular weight excluding hydrogens is 331 g/mol. The second-order valence-electron chi connectivity index (χ2n) is 6.03. The highest BCUT2D eigenvalue weighted by atomic mass is 19.1. The fourth-order valence-electron chi connectivity index (χ4n) is 2.80. The number of hydrogen-bond donors (Lipinski definition) is 2. The SMILES string of the molecule is O=C(O)CC1(NC(=O)Cc2coc(-c3ccc(F)cc3)n2)CCOC1. The zero-order chi connectivity index (χ0) is 17.9. The summed E-state index contributed by atoms with van der Waals surface area (Å²) in [5.74, 6) is -1.43. The first kappa shape index (κ1) is 17.1. The fourth-order valence-corrected chi connectivity index (χ4v) is 2.80. The van der Waals surface area contributed by atoms with Gasteiger partial charge in [0.1, 0.15) is 12.1 Å². The fraction of sp³-hybridized carbons (Fsp3) is 0.353. The second kappa shape index (κ2) is 7.02. The molecule has 1 saturated heterocycles. The average Bonchev–Trinajstić information content (AvgIpc) is 3.17. The Morgan fingerprint density at radius 1 is 1.32 bits per heavy atom. The first-order valence-corrected chi connectivity index (χ1v) is 7.77. The molecule has 2 N–H and O–H groups in total. The smallest absolute Gasteiger partial charge is 0.305 e. The summed E-state index contributed by atoms with van der Waals surface area (Å²) in [6.45, 7) is 0.580. The number of nitrogens with zero attached hydrogens (tertiary/aromatic N) is 1. The molecule has 1 aromatic heterocycles. The molecule has 2 heterocycles. The Morgan fingerprint density at radius 2 is 2.08 bits per heavy atom. The number of aliphatic carboxylic acids is 1. The van der Waals surface area contributed by atoms with E-state index in [1.807, 2.05) is 0 Å². The van der Waals surface area contributed by atoms with Crippen LogP contribution in [0.25, 0.3) is 11.5 Å². The van der Waals surface area contributed by atoms with Gasteiger partial charge in [-0.1, -0.05) is 0 Å². The number of amides is 1. The third-order valence-corrected chi connectivity index (χ3v) is 3.98. The quantitative estimate of drug-likeness (QED) is 0.825. The van der Waals surface area contributed by atoms with Crippen LogP contribution in [0, 0.1) is 5.82 Å². The molecule has 1 aliphatic rings. The highest BCUT2D eigenvalue weighted by Gasteiger charge is 2.38. The van der Waals surface area contributed by atoms with E-state index in [0.717, 1.165) is 0 Å². The molecular formula is C17H17FN2O5. The van der Waals surface area contributed by atoms with Crippen molar-refractivity contribution in [3.8, 4) is 11.5 Å². The van der Waals surface area contributed by atoms with Gasteiger partial charge in [0.25, 0.3) is 0 Å². The minimum absolute atomic E-state index is 0.0495. The van der Waals surface area contributed by atoms with Gasteiger partial charge in [-0.3, -0.25) is 9.59 Å². The summed E-state index contributed by atoms with van der Waals surface area (Å²) in [5.41, 5.74) is 0.118. The normalized spacial score (nSPS) is 19.7. The maximum atomic E-state index is 12.9. The van der Waals surface area contributed by atoms with Crippen molar-refractivity contribution in [2.45, 2.75) is 24.8 Å². The highest BCUT2D eigenvalue weighted by Crippen LogP contribution is 2.23. The molecule has 132 valence electrons. The molecule has 1 atom stereocenters.